The Bertz CT molecular complexity index is 356. The molecule has 1 aliphatic carbocycles. The molecule has 0 amide bonds. The molecule has 90 valence electrons. The molecule has 5 heteroatoms. The van der Waals surface area contributed by atoms with E-state index >= 15 is 0 Å². The zero-order chi connectivity index (χ0) is 10.8. The summed E-state index contributed by atoms with van der Waals surface area (Å²) < 4.78 is 0. The molecule has 1 aromatic rings. The van der Waals surface area contributed by atoms with Gasteiger partial charge in [-0.2, -0.15) is 0 Å². The molecule has 1 fully saturated rings. The fourth-order valence-electron chi connectivity index (χ4n) is 2.08. The van der Waals surface area contributed by atoms with Gasteiger partial charge in [0.25, 0.3) is 0 Å². The fourth-order valence-corrected chi connectivity index (χ4v) is 2.08. The Morgan fingerprint density at radius 3 is 2.69 bits per heavy atom. The Morgan fingerprint density at radius 1 is 1.38 bits per heavy atom. The summed E-state index contributed by atoms with van der Waals surface area (Å²) in [6.45, 7) is 3.92. The molecule has 1 heterocycles. The van der Waals surface area contributed by atoms with E-state index in [-0.39, 0.29) is 18.4 Å². The summed E-state index contributed by atoms with van der Waals surface area (Å²) in [4.78, 5) is 8.72. The monoisotopic (exact) mass is 242 g/mol. The summed E-state index contributed by atoms with van der Waals surface area (Å²) in [6, 6.07) is 0.619. The van der Waals surface area contributed by atoms with Gasteiger partial charge in [-0.15, -0.1) is 12.4 Å². The smallest absolute Gasteiger partial charge is 0.147 e. The van der Waals surface area contributed by atoms with Gasteiger partial charge in [0.1, 0.15) is 5.82 Å². The minimum Gasteiger partial charge on any atom is -0.364 e. The van der Waals surface area contributed by atoms with Crippen molar-refractivity contribution >= 4 is 18.2 Å². The average Bonchev–Trinajstić information content (AvgIpc) is 2.57. The van der Waals surface area contributed by atoms with Crippen molar-refractivity contribution < 1.29 is 0 Å². The predicted octanol–water partition coefficient (Wildman–Crippen LogP) is 1.81. The van der Waals surface area contributed by atoms with Gasteiger partial charge >= 0.3 is 0 Å². The maximum atomic E-state index is 6.00. The highest BCUT2D eigenvalue weighted by atomic mass is 35.5. The number of nitrogens with one attached hydrogen (secondary N) is 1. The van der Waals surface area contributed by atoms with Crippen molar-refractivity contribution in [1.29, 1.82) is 0 Å². The van der Waals surface area contributed by atoms with Gasteiger partial charge in [0.05, 0.1) is 17.6 Å². The summed E-state index contributed by atoms with van der Waals surface area (Å²) in [5.41, 5.74) is 7.90. The molecule has 1 aliphatic rings. The van der Waals surface area contributed by atoms with Crippen LogP contribution in [0.4, 0.5) is 5.82 Å². The summed E-state index contributed by atoms with van der Waals surface area (Å²) in [5.74, 6) is 0.878. The molecule has 0 spiro atoms. The number of anilines is 1. The van der Waals surface area contributed by atoms with Crippen molar-refractivity contribution in [2.24, 2.45) is 5.73 Å². The first-order chi connectivity index (χ1) is 7.16. The van der Waals surface area contributed by atoms with Crippen molar-refractivity contribution in [1.82, 2.24) is 9.97 Å². The van der Waals surface area contributed by atoms with Crippen LogP contribution in [0.25, 0.3) is 0 Å². The second-order valence-corrected chi connectivity index (χ2v) is 4.29. The highest BCUT2D eigenvalue weighted by molar-refractivity contribution is 5.85. The van der Waals surface area contributed by atoms with Gasteiger partial charge in [0.15, 0.2) is 0 Å². The standard InChI is InChI=1S/C11H18N4.ClH/c1-7-6-13-11(8(2)14-7)15-10-5-3-4-9(10)12;/h6,9-10H,3-5,12H2,1-2H3,(H,13,15);1H/t9-,10-;/m0./s1. The average molecular weight is 243 g/mol. The van der Waals surface area contributed by atoms with Crippen molar-refractivity contribution in [3.8, 4) is 0 Å². The molecule has 0 aliphatic heterocycles. The Morgan fingerprint density at radius 2 is 2.12 bits per heavy atom. The lowest BCUT2D eigenvalue weighted by Crippen LogP contribution is -2.35. The van der Waals surface area contributed by atoms with Crippen LogP contribution >= 0.6 is 12.4 Å². The molecule has 16 heavy (non-hydrogen) atoms. The minimum absolute atomic E-state index is 0. The molecule has 1 saturated carbocycles. The number of rotatable bonds is 2. The van der Waals surface area contributed by atoms with E-state index < -0.39 is 0 Å². The minimum atomic E-state index is 0. The molecule has 0 radical (unpaired) electrons. The van der Waals surface area contributed by atoms with E-state index in [0.717, 1.165) is 30.0 Å². The zero-order valence-electron chi connectivity index (χ0n) is 9.73. The summed E-state index contributed by atoms with van der Waals surface area (Å²) in [5, 5.41) is 3.39. The second-order valence-electron chi connectivity index (χ2n) is 4.29. The highest BCUT2D eigenvalue weighted by Crippen LogP contribution is 2.21. The topological polar surface area (TPSA) is 63.8 Å². The molecule has 3 N–H and O–H groups in total. The van der Waals surface area contributed by atoms with Gasteiger partial charge in [-0.1, -0.05) is 0 Å². The first kappa shape index (κ1) is 13.2. The van der Waals surface area contributed by atoms with Gasteiger partial charge in [0, 0.05) is 12.1 Å². The Balaban J connectivity index is 0.00000128. The second kappa shape index (κ2) is 5.46. The fraction of sp³-hybridized carbons (Fsp3) is 0.636. The van der Waals surface area contributed by atoms with E-state index in [2.05, 4.69) is 15.3 Å². The predicted molar refractivity (Wildman–Crippen MR) is 68.0 cm³/mol. The van der Waals surface area contributed by atoms with E-state index in [1.165, 1.54) is 6.42 Å². The normalized spacial score (nSPS) is 23.9. The van der Waals surface area contributed by atoms with Gasteiger partial charge in [-0.05, 0) is 33.1 Å². The molecule has 0 unspecified atom stereocenters. The third-order valence-electron chi connectivity index (χ3n) is 2.96. The summed E-state index contributed by atoms with van der Waals surface area (Å²) in [7, 11) is 0. The highest BCUT2D eigenvalue weighted by Gasteiger charge is 2.24. The lowest BCUT2D eigenvalue weighted by molar-refractivity contribution is 0.634. The van der Waals surface area contributed by atoms with Crippen LogP contribution in [-0.4, -0.2) is 22.1 Å². The summed E-state index contributed by atoms with van der Waals surface area (Å²) >= 11 is 0. The van der Waals surface area contributed by atoms with Crippen LogP contribution in [0, 0.1) is 13.8 Å². The van der Waals surface area contributed by atoms with Crippen LogP contribution in [0.2, 0.25) is 0 Å². The number of hydrogen-bond donors (Lipinski definition) is 2. The molecular formula is C11H19ClN4. The lowest BCUT2D eigenvalue weighted by atomic mass is 10.2. The van der Waals surface area contributed by atoms with E-state index in [9.17, 15) is 0 Å². The number of halogens is 1. The SMILES string of the molecule is Cc1cnc(N[C@H]2CCC[C@@H]2N)c(C)n1.Cl. The largest absolute Gasteiger partial charge is 0.364 e. The molecule has 2 rings (SSSR count). The third kappa shape index (κ3) is 2.83. The van der Waals surface area contributed by atoms with Crippen molar-refractivity contribution in [3.05, 3.63) is 17.6 Å². The molecule has 0 aromatic carbocycles. The number of aromatic nitrogens is 2. The van der Waals surface area contributed by atoms with Crippen molar-refractivity contribution in [2.45, 2.75) is 45.2 Å². The van der Waals surface area contributed by atoms with Gasteiger partial charge in [0.2, 0.25) is 0 Å². The van der Waals surface area contributed by atoms with E-state index in [0.29, 0.717) is 6.04 Å². The number of hydrogen-bond acceptors (Lipinski definition) is 4. The number of nitrogens with two attached hydrogens (primary N) is 1. The van der Waals surface area contributed by atoms with Crippen LogP contribution in [0.1, 0.15) is 30.7 Å². The van der Waals surface area contributed by atoms with Gasteiger partial charge in [-0.25, -0.2) is 4.98 Å². The van der Waals surface area contributed by atoms with E-state index in [1.54, 1.807) is 6.20 Å². The lowest BCUT2D eigenvalue weighted by Gasteiger charge is -2.18. The van der Waals surface area contributed by atoms with Crippen LogP contribution in [0.3, 0.4) is 0 Å². The zero-order valence-corrected chi connectivity index (χ0v) is 10.5. The van der Waals surface area contributed by atoms with Crippen LogP contribution in [-0.2, 0) is 0 Å². The molecule has 0 saturated heterocycles. The van der Waals surface area contributed by atoms with Crippen LogP contribution in [0.15, 0.2) is 6.20 Å². The molecule has 0 bridgehead atoms. The number of nitrogens with zero attached hydrogens (tertiary/aromatic N) is 2. The Kier molecular flexibility index (Phi) is 4.50. The van der Waals surface area contributed by atoms with Crippen molar-refractivity contribution in [3.63, 3.8) is 0 Å². The first-order valence-electron chi connectivity index (χ1n) is 5.49. The Labute approximate surface area is 102 Å². The van der Waals surface area contributed by atoms with Gasteiger partial charge in [-0.3, -0.25) is 4.98 Å². The summed E-state index contributed by atoms with van der Waals surface area (Å²) in [6.07, 6.45) is 5.24. The van der Waals surface area contributed by atoms with Crippen LogP contribution < -0.4 is 11.1 Å². The van der Waals surface area contributed by atoms with Crippen molar-refractivity contribution in [2.75, 3.05) is 5.32 Å². The molecule has 2 atom stereocenters. The molecule has 4 nitrogen and oxygen atoms in total. The van der Waals surface area contributed by atoms with E-state index in [4.69, 9.17) is 5.73 Å². The van der Waals surface area contributed by atoms with E-state index in [1.807, 2.05) is 13.8 Å². The molecule has 1 aromatic heterocycles. The maximum Gasteiger partial charge on any atom is 0.147 e. The number of aryl methyl sites for hydroxylation is 2. The Hall–Kier alpha value is -0.870. The maximum absolute atomic E-state index is 6.00. The van der Waals surface area contributed by atoms with Gasteiger partial charge < -0.3 is 11.1 Å². The molecular weight excluding hydrogens is 224 g/mol. The first-order valence-corrected chi connectivity index (χ1v) is 5.49. The third-order valence-corrected chi connectivity index (χ3v) is 2.96. The quantitative estimate of drug-likeness (QED) is 0.830. The van der Waals surface area contributed by atoms with Crippen LogP contribution in [0.5, 0.6) is 0 Å².